The number of hydrogen-bond acceptors (Lipinski definition) is 4. The summed E-state index contributed by atoms with van der Waals surface area (Å²) in [6, 6.07) is 13.3. The van der Waals surface area contributed by atoms with E-state index in [1.165, 1.54) is 14.0 Å². The number of ketones is 1. The molecule has 0 bridgehead atoms. The molecule has 0 aliphatic rings. The first-order chi connectivity index (χ1) is 9.61. The van der Waals surface area contributed by atoms with Crippen LogP contribution in [0.1, 0.15) is 27.6 Å². The molecule has 2 rings (SSSR count). The molecule has 0 fully saturated rings. The molecule has 4 heteroatoms. The fourth-order valence-electron chi connectivity index (χ4n) is 1.79. The van der Waals surface area contributed by atoms with E-state index in [1.54, 1.807) is 48.5 Å². The maximum Gasteiger partial charge on any atom is 0.344 e. The van der Waals surface area contributed by atoms with Crippen LogP contribution in [0, 0.1) is 0 Å². The minimum absolute atomic E-state index is 0.178. The van der Waals surface area contributed by atoms with Gasteiger partial charge in [0, 0.05) is 11.6 Å². The Bertz CT molecular complexity index is 646. The van der Waals surface area contributed by atoms with Crippen molar-refractivity contribution >= 4 is 11.8 Å². The molecule has 0 atom stereocenters. The number of ether oxygens (including phenoxy) is 2. The van der Waals surface area contributed by atoms with E-state index in [0.717, 1.165) is 0 Å². The molecule has 2 aromatic carbocycles. The summed E-state index contributed by atoms with van der Waals surface area (Å²) >= 11 is 0. The van der Waals surface area contributed by atoms with Gasteiger partial charge in [-0.3, -0.25) is 4.79 Å². The topological polar surface area (TPSA) is 52.6 Å². The minimum atomic E-state index is -0.566. The van der Waals surface area contributed by atoms with E-state index in [1.807, 2.05) is 0 Å². The second kappa shape index (κ2) is 6.02. The molecule has 20 heavy (non-hydrogen) atoms. The van der Waals surface area contributed by atoms with Gasteiger partial charge < -0.3 is 9.47 Å². The van der Waals surface area contributed by atoms with Gasteiger partial charge in [0.25, 0.3) is 0 Å². The normalized spacial score (nSPS) is 9.90. The van der Waals surface area contributed by atoms with Gasteiger partial charge in [-0.25, -0.2) is 4.79 Å². The van der Waals surface area contributed by atoms with Crippen molar-refractivity contribution in [3.05, 3.63) is 59.7 Å². The molecule has 0 unspecified atom stereocenters. The second-order valence-electron chi connectivity index (χ2n) is 4.17. The van der Waals surface area contributed by atoms with Gasteiger partial charge >= 0.3 is 5.97 Å². The molecular formula is C16H14O4. The average Bonchev–Trinajstić information content (AvgIpc) is 2.47. The van der Waals surface area contributed by atoms with Gasteiger partial charge in [-0.1, -0.05) is 24.3 Å². The molecule has 0 spiro atoms. The Morgan fingerprint density at radius 2 is 1.55 bits per heavy atom. The maximum atomic E-state index is 12.1. The average molecular weight is 270 g/mol. The summed E-state index contributed by atoms with van der Waals surface area (Å²) < 4.78 is 10.3. The Kier molecular flexibility index (Phi) is 4.15. The van der Waals surface area contributed by atoms with E-state index >= 15 is 0 Å². The van der Waals surface area contributed by atoms with Crippen molar-refractivity contribution in [1.82, 2.24) is 0 Å². The molecule has 0 radical (unpaired) electrons. The second-order valence-corrected chi connectivity index (χ2v) is 4.17. The van der Waals surface area contributed by atoms with Crippen LogP contribution in [-0.4, -0.2) is 18.9 Å². The van der Waals surface area contributed by atoms with Crippen LogP contribution in [0.5, 0.6) is 11.5 Å². The number of benzene rings is 2. The Morgan fingerprint density at radius 1 is 0.900 bits per heavy atom. The Hall–Kier alpha value is -2.62. The largest absolute Gasteiger partial charge is 0.497 e. The van der Waals surface area contributed by atoms with Crippen LogP contribution in [0.2, 0.25) is 0 Å². The molecule has 2 aromatic rings. The highest BCUT2D eigenvalue weighted by molar-refractivity contribution is 6.05. The highest BCUT2D eigenvalue weighted by Gasteiger charge is 2.15. The summed E-state index contributed by atoms with van der Waals surface area (Å²) in [4.78, 5) is 23.6. The first kappa shape index (κ1) is 13.8. The van der Waals surface area contributed by atoms with Crippen molar-refractivity contribution in [2.45, 2.75) is 6.92 Å². The Labute approximate surface area is 116 Å². The zero-order valence-electron chi connectivity index (χ0n) is 11.3. The quantitative estimate of drug-likeness (QED) is 0.486. The third-order valence-electron chi connectivity index (χ3n) is 2.78. The van der Waals surface area contributed by atoms with Crippen LogP contribution in [0.3, 0.4) is 0 Å². The Balaban J connectivity index is 2.26. The maximum absolute atomic E-state index is 12.1. The standard InChI is InChI=1S/C16H14O4/c1-11(17)14-8-3-4-9-15(14)16(18)20-13-7-5-6-12(10-13)19-2/h3-10H,1-2H3. The van der Waals surface area contributed by atoms with Crippen LogP contribution in [0.25, 0.3) is 0 Å². The third-order valence-corrected chi connectivity index (χ3v) is 2.78. The van der Waals surface area contributed by atoms with Gasteiger partial charge in [0.15, 0.2) is 5.78 Å². The molecule has 102 valence electrons. The first-order valence-corrected chi connectivity index (χ1v) is 6.08. The van der Waals surface area contributed by atoms with Crippen molar-refractivity contribution in [1.29, 1.82) is 0 Å². The number of Topliss-reactive ketones (excluding diaryl/α,β-unsaturated/α-hetero) is 1. The number of methoxy groups -OCH3 is 1. The summed E-state index contributed by atoms with van der Waals surface area (Å²) in [5.41, 5.74) is 0.600. The third kappa shape index (κ3) is 3.03. The molecular weight excluding hydrogens is 256 g/mol. The molecule has 4 nitrogen and oxygen atoms in total. The summed E-state index contributed by atoms with van der Waals surface area (Å²) in [5, 5.41) is 0. The van der Waals surface area contributed by atoms with Gasteiger partial charge in [-0.05, 0) is 25.1 Å². The summed E-state index contributed by atoms with van der Waals surface area (Å²) in [6.07, 6.45) is 0. The van der Waals surface area contributed by atoms with Crippen LogP contribution >= 0.6 is 0 Å². The predicted octanol–water partition coefficient (Wildman–Crippen LogP) is 3.12. The van der Waals surface area contributed by atoms with Gasteiger partial charge in [0.2, 0.25) is 0 Å². The van der Waals surface area contributed by atoms with Crippen molar-refractivity contribution in [2.24, 2.45) is 0 Å². The Morgan fingerprint density at radius 3 is 2.20 bits per heavy atom. The lowest BCUT2D eigenvalue weighted by Crippen LogP contribution is -2.13. The van der Waals surface area contributed by atoms with E-state index in [4.69, 9.17) is 9.47 Å². The first-order valence-electron chi connectivity index (χ1n) is 6.08. The van der Waals surface area contributed by atoms with Crippen molar-refractivity contribution < 1.29 is 19.1 Å². The summed E-state index contributed by atoms with van der Waals surface area (Å²) in [6.45, 7) is 1.41. The van der Waals surface area contributed by atoms with E-state index in [0.29, 0.717) is 17.1 Å². The molecule has 0 saturated heterocycles. The highest BCUT2D eigenvalue weighted by atomic mass is 16.5. The number of carbonyl (C=O) groups excluding carboxylic acids is 2. The molecule has 0 aliphatic heterocycles. The minimum Gasteiger partial charge on any atom is -0.497 e. The van der Waals surface area contributed by atoms with E-state index in [9.17, 15) is 9.59 Å². The van der Waals surface area contributed by atoms with E-state index in [-0.39, 0.29) is 11.3 Å². The summed E-state index contributed by atoms with van der Waals surface area (Å²) in [7, 11) is 1.53. The molecule has 0 aromatic heterocycles. The monoisotopic (exact) mass is 270 g/mol. The van der Waals surface area contributed by atoms with Gasteiger partial charge in [-0.2, -0.15) is 0 Å². The lowest BCUT2D eigenvalue weighted by Gasteiger charge is -2.08. The fraction of sp³-hybridized carbons (Fsp3) is 0.125. The van der Waals surface area contributed by atoms with Crippen molar-refractivity contribution in [3.8, 4) is 11.5 Å². The van der Waals surface area contributed by atoms with Crippen LogP contribution in [0.15, 0.2) is 48.5 Å². The lowest BCUT2D eigenvalue weighted by molar-refractivity contribution is 0.0729. The SMILES string of the molecule is COc1cccc(OC(=O)c2ccccc2C(C)=O)c1. The van der Waals surface area contributed by atoms with Crippen molar-refractivity contribution in [3.63, 3.8) is 0 Å². The van der Waals surface area contributed by atoms with E-state index in [2.05, 4.69) is 0 Å². The number of esters is 1. The molecule has 0 heterocycles. The van der Waals surface area contributed by atoms with E-state index < -0.39 is 5.97 Å². The number of rotatable bonds is 4. The highest BCUT2D eigenvalue weighted by Crippen LogP contribution is 2.20. The van der Waals surface area contributed by atoms with Crippen LogP contribution < -0.4 is 9.47 Å². The van der Waals surface area contributed by atoms with Crippen molar-refractivity contribution in [2.75, 3.05) is 7.11 Å². The molecule has 0 aliphatic carbocycles. The smallest absolute Gasteiger partial charge is 0.344 e. The zero-order valence-corrected chi connectivity index (χ0v) is 11.3. The van der Waals surface area contributed by atoms with Gasteiger partial charge in [0.05, 0.1) is 12.7 Å². The number of hydrogen-bond donors (Lipinski definition) is 0. The zero-order chi connectivity index (χ0) is 14.5. The van der Waals surface area contributed by atoms with Gasteiger partial charge in [0.1, 0.15) is 11.5 Å². The van der Waals surface area contributed by atoms with Crippen LogP contribution in [-0.2, 0) is 0 Å². The summed E-state index contributed by atoms with van der Waals surface area (Å²) in [5.74, 6) is 0.218. The predicted molar refractivity (Wildman–Crippen MR) is 74.4 cm³/mol. The fourth-order valence-corrected chi connectivity index (χ4v) is 1.79. The van der Waals surface area contributed by atoms with Crippen LogP contribution in [0.4, 0.5) is 0 Å². The number of carbonyl (C=O) groups is 2. The van der Waals surface area contributed by atoms with Gasteiger partial charge in [-0.15, -0.1) is 0 Å². The lowest BCUT2D eigenvalue weighted by atomic mass is 10.0. The molecule has 0 N–H and O–H groups in total. The molecule has 0 saturated carbocycles. The molecule has 0 amide bonds.